The molecule has 5 aromatic rings. The van der Waals surface area contributed by atoms with Gasteiger partial charge in [0, 0.05) is 5.56 Å². The number of para-hydroxylation sites is 2. The van der Waals surface area contributed by atoms with Crippen molar-refractivity contribution >= 4 is 10.9 Å². The zero-order chi connectivity index (χ0) is 21.9. The molecule has 0 N–H and O–H groups in total. The SMILES string of the molecule is COc1ccc(-n2c(-c3ccc(Oc4ccccc4)cc3)nc3ccccc3c2=O)cc1. The van der Waals surface area contributed by atoms with Gasteiger partial charge in [-0.1, -0.05) is 30.3 Å². The molecule has 156 valence electrons. The Kier molecular flexibility index (Phi) is 5.14. The molecule has 0 saturated carbocycles. The van der Waals surface area contributed by atoms with Gasteiger partial charge >= 0.3 is 0 Å². The van der Waals surface area contributed by atoms with Crippen LogP contribution in [0.3, 0.4) is 0 Å². The molecule has 0 radical (unpaired) electrons. The molecule has 1 aromatic heterocycles. The summed E-state index contributed by atoms with van der Waals surface area (Å²) in [6.07, 6.45) is 0. The van der Waals surface area contributed by atoms with E-state index in [1.165, 1.54) is 0 Å². The lowest BCUT2D eigenvalue weighted by Crippen LogP contribution is -2.21. The van der Waals surface area contributed by atoms with Gasteiger partial charge in [0.15, 0.2) is 0 Å². The van der Waals surface area contributed by atoms with Crippen molar-refractivity contribution in [2.24, 2.45) is 0 Å². The second kappa shape index (κ2) is 8.40. The van der Waals surface area contributed by atoms with Gasteiger partial charge in [0.1, 0.15) is 23.1 Å². The van der Waals surface area contributed by atoms with Crippen LogP contribution >= 0.6 is 0 Å². The Morgan fingerprint density at radius 1 is 0.688 bits per heavy atom. The van der Waals surface area contributed by atoms with E-state index < -0.39 is 0 Å². The molecule has 32 heavy (non-hydrogen) atoms. The summed E-state index contributed by atoms with van der Waals surface area (Å²) in [5.41, 5.74) is 2.06. The topological polar surface area (TPSA) is 53.4 Å². The number of rotatable bonds is 5. The lowest BCUT2D eigenvalue weighted by atomic mass is 10.1. The second-order valence-electron chi connectivity index (χ2n) is 7.23. The summed E-state index contributed by atoms with van der Waals surface area (Å²) < 4.78 is 12.8. The lowest BCUT2D eigenvalue weighted by molar-refractivity contribution is 0.414. The van der Waals surface area contributed by atoms with Gasteiger partial charge in [-0.05, 0) is 72.8 Å². The Hall–Kier alpha value is -4.38. The fourth-order valence-corrected chi connectivity index (χ4v) is 3.59. The smallest absolute Gasteiger partial charge is 0.266 e. The second-order valence-corrected chi connectivity index (χ2v) is 7.23. The van der Waals surface area contributed by atoms with Crippen LogP contribution in [0.15, 0.2) is 108 Å². The van der Waals surface area contributed by atoms with Crippen molar-refractivity contribution in [3.8, 4) is 34.3 Å². The average Bonchev–Trinajstić information content (AvgIpc) is 2.85. The number of nitrogens with zero attached hydrogens (tertiary/aromatic N) is 2. The first-order valence-corrected chi connectivity index (χ1v) is 10.2. The Labute approximate surface area is 185 Å². The van der Waals surface area contributed by atoms with Crippen molar-refractivity contribution in [3.05, 3.63) is 113 Å². The number of fused-ring (bicyclic) bond motifs is 1. The predicted octanol–water partition coefficient (Wildman–Crippen LogP) is 5.85. The summed E-state index contributed by atoms with van der Waals surface area (Å²) >= 11 is 0. The fraction of sp³-hybridized carbons (Fsp3) is 0.0370. The van der Waals surface area contributed by atoms with Crippen LogP contribution in [0.4, 0.5) is 0 Å². The third-order valence-electron chi connectivity index (χ3n) is 5.20. The van der Waals surface area contributed by atoms with Gasteiger partial charge in [-0.3, -0.25) is 9.36 Å². The van der Waals surface area contributed by atoms with E-state index in [0.717, 1.165) is 17.1 Å². The van der Waals surface area contributed by atoms with E-state index >= 15 is 0 Å². The van der Waals surface area contributed by atoms with Crippen molar-refractivity contribution < 1.29 is 9.47 Å². The minimum absolute atomic E-state index is 0.125. The molecule has 0 saturated heterocycles. The molecular weight excluding hydrogens is 400 g/mol. The van der Waals surface area contributed by atoms with Crippen LogP contribution in [0, 0.1) is 0 Å². The van der Waals surface area contributed by atoms with E-state index in [2.05, 4.69) is 0 Å². The average molecular weight is 420 g/mol. The Bertz CT molecular complexity index is 1420. The molecule has 5 nitrogen and oxygen atoms in total. The molecule has 0 aliphatic rings. The Morgan fingerprint density at radius 2 is 1.31 bits per heavy atom. The Morgan fingerprint density at radius 3 is 2.03 bits per heavy atom. The summed E-state index contributed by atoms with van der Waals surface area (Å²) in [7, 11) is 1.61. The van der Waals surface area contributed by atoms with Gasteiger partial charge in [0.05, 0.1) is 23.7 Å². The molecule has 4 aromatic carbocycles. The van der Waals surface area contributed by atoms with E-state index in [0.29, 0.717) is 28.2 Å². The van der Waals surface area contributed by atoms with Crippen molar-refractivity contribution in [2.45, 2.75) is 0 Å². The zero-order valence-electron chi connectivity index (χ0n) is 17.4. The first kappa shape index (κ1) is 19.6. The van der Waals surface area contributed by atoms with Crippen molar-refractivity contribution in [3.63, 3.8) is 0 Å². The maximum absolute atomic E-state index is 13.5. The van der Waals surface area contributed by atoms with Gasteiger partial charge in [0.25, 0.3) is 5.56 Å². The summed E-state index contributed by atoms with van der Waals surface area (Å²) in [6, 6.07) is 31.9. The molecule has 0 atom stereocenters. The van der Waals surface area contributed by atoms with Gasteiger partial charge in [-0.25, -0.2) is 4.98 Å². The van der Waals surface area contributed by atoms with Crippen LogP contribution < -0.4 is 15.0 Å². The highest BCUT2D eigenvalue weighted by Crippen LogP contribution is 2.27. The third kappa shape index (κ3) is 3.72. The molecule has 0 fully saturated rings. The van der Waals surface area contributed by atoms with Crippen LogP contribution in [0.2, 0.25) is 0 Å². The minimum Gasteiger partial charge on any atom is -0.497 e. The highest BCUT2D eigenvalue weighted by atomic mass is 16.5. The molecular formula is C27H20N2O3. The van der Waals surface area contributed by atoms with Crippen molar-refractivity contribution in [2.75, 3.05) is 7.11 Å². The monoisotopic (exact) mass is 420 g/mol. The third-order valence-corrected chi connectivity index (χ3v) is 5.20. The van der Waals surface area contributed by atoms with Crippen LogP contribution in [-0.4, -0.2) is 16.7 Å². The Balaban J connectivity index is 1.63. The van der Waals surface area contributed by atoms with Gasteiger partial charge in [-0.15, -0.1) is 0 Å². The highest BCUT2D eigenvalue weighted by molar-refractivity contribution is 5.80. The maximum Gasteiger partial charge on any atom is 0.266 e. The molecule has 5 heteroatoms. The number of ether oxygens (including phenoxy) is 2. The maximum atomic E-state index is 13.5. The van der Waals surface area contributed by atoms with E-state index in [-0.39, 0.29) is 5.56 Å². The largest absolute Gasteiger partial charge is 0.497 e. The lowest BCUT2D eigenvalue weighted by Gasteiger charge is -2.15. The molecule has 0 unspecified atom stereocenters. The van der Waals surface area contributed by atoms with Crippen LogP contribution in [0.5, 0.6) is 17.2 Å². The van der Waals surface area contributed by atoms with E-state index in [1.54, 1.807) is 17.7 Å². The molecule has 0 spiro atoms. The summed E-state index contributed by atoms with van der Waals surface area (Å²) in [5.74, 6) is 2.75. The summed E-state index contributed by atoms with van der Waals surface area (Å²) in [6.45, 7) is 0. The number of methoxy groups -OCH3 is 1. The fourth-order valence-electron chi connectivity index (χ4n) is 3.59. The number of benzene rings is 4. The van der Waals surface area contributed by atoms with E-state index in [4.69, 9.17) is 14.5 Å². The van der Waals surface area contributed by atoms with Gasteiger partial charge < -0.3 is 9.47 Å². The van der Waals surface area contributed by atoms with Crippen molar-refractivity contribution in [1.82, 2.24) is 9.55 Å². The van der Waals surface area contributed by atoms with Crippen LogP contribution in [0.25, 0.3) is 28.0 Å². The number of hydrogen-bond acceptors (Lipinski definition) is 4. The van der Waals surface area contributed by atoms with Crippen LogP contribution in [0.1, 0.15) is 0 Å². The van der Waals surface area contributed by atoms with Crippen LogP contribution in [-0.2, 0) is 0 Å². The first-order valence-electron chi connectivity index (χ1n) is 10.2. The molecule has 5 rings (SSSR count). The molecule has 0 amide bonds. The summed E-state index contributed by atoms with van der Waals surface area (Å²) in [5, 5.41) is 0.566. The molecule has 0 aliphatic carbocycles. The normalized spacial score (nSPS) is 10.8. The molecule has 1 heterocycles. The molecule has 0 aliphatic heterocycles. The predicted molar refractivity (Wildman–Crippen MR) is 126 cm³/mol. The minimum atomic E-state index is -0.125. The first-order chi connectivity index (χ1) is 15.7. The number of hydrogen-bond donors (Lipinski definition) is 0. The zero-order valence-corrected chi connectivity index (χ0v) is 17.4. The van der Waals surface area contributed by atoms with Crippen molar-refractivity contribution in [1.29, 1.82) is 0 Å². The summed E-state index contributed by atoms with van der Waals surface area (Å²) in [4.78, 5) is 18.3. The van der Waals surface area contributed by atoms with Gasteiger partial charge in [0.2, 0.25) is 0 Å². The number of aromatic nitrogens is 2. The van der Waals surface area contributed by atoms with Gasteiger partial charge in [-0.2, -0.15) is 0 Å². The van der Waals surface area contributed by atoms with E-state index in [1.807, 2.05) is 97.1 Å². The standard InChI is InChI=1S/C27H20N2O3/c1-31-21-17-13-20(14-18-21)29-26(28-25-10-6-5-9-24(25)27(29)30)19-11-15-23(16-12-19)32-22-7-3-2-4-8-22/h2-18H,1H3. The highest BCUT2D eigenvalue weighted by Gasteiger charge is 2.15. The molecule has 0 bridgehead atoms. The van der Waals surface area contributed by atoms with E-state index in [9.17, 15) is 4.79 Å². The quantitative estimate of drug-likeness (QED) is 0.358.